The smallest absolute Gasteiger partial charge is 0.163 e. The Kier molecular flexibility index (Phi) is 3.66. The maximum Gasteiger partial charge on any atom is 0.163 e. The van der Waals surface area contributed by atoms with E-state index in [0.29, 0.717) is 11.6 Å². The highest BCUT2D eigenvalue weighted by molar-refractivity contribution is 7.98. The van der Waals surface area contributed by atoms with Gasteiger partial charge in [-0.2, -0.15) is 5.10 Å². The molecule has 0 saturated carbocycles. The van der Waals surface area contributed by atoms with Crippen molar-refractivity contribution in [2.24, 2.45) is 7.05 Å². The van der Waals surface area contributed by atoms with Gasteiger partial charge in [0.05, 0.1) is 17.3 Å². The van der Waals surface area contributed by atoms with Crippen LogP contribution in [-0.4, -0.2) is 31.9 Å². The van der Waals surface area contributed by atoms with Crippen LogP contribution in [0.4, 0.5) is 5.82 Å². The van der Waals surface area contributed by atoms with E-state index < -0.39 is 0 Å². The van der Waals surface area contributed by atoms with Crippen molar-refractivity contribution in [2.45, 2.75) is 10.6 Å². The van der Waals surface area contributed by atoms with Gasteiger partial charge >= 0.3 is 0 Å². The number of thioether (sulfide) groups is 1. The summed E-state index contributed by atoms with van der Waals surface area (Å²) < 4.78 is 1.73. The second kappa shape index (κ2) is 5.61. The molecule has 0 radical (unpaired) electrons. The molecule has 6 nitrogen and oxygen atoms in total. The number of phenols is 1. The highest BCUT2D eigenvalue weighted by Gasteiger charge is 2.11. The number of aromatic nitrogens is 4. The molecule has 0 atom stereocenters. The van der Waals surface area contributed by atoms with Gasteiger partial charge in [0.2, 0.25) is 0 Å². The van der Waals surface area contributed by atoms with Crippen molar-refractivity contribution in [3.8, 4) is 5.75 Å². The Labute approximate surface area is 126 Å². The van der Waals surface area contributed by atoms with Gasteiger partial charge in [-0.05, 0) is 12.1 Å². The molecule has 0 fully saturated rings. The molecule has 0 saturated heterocycles. The Bertz CT molecular complexity index is 786. The maximum absolute atomic E-state index is 9.78. The van der Waals surface area contributed by atoms with E-state index in [1.54, 1.807) is 23.0 Å². The minimum Gasteiger partial charge on any atom is -0.507 e. The zero-order valence-corrected chi connectivity index (χ0v) is 12.6. The van der Waals surface area contributed by atoms with Gasteiger partial charge < -0.3 is 10.4 Å². The van der Waals surface area contributed by atoms with Crippen molar-refractivity contribution in [3.63, 3.8) is 0 Å². The van der Waals surface area contributed by atoms with E-state index in [-0.39, 0.29) is 5.75 Å². The molecule has 108 valence electrons. The summed E-state index contributed by atoms with van der Waals surface area (Å²) in [5.74, 6) is 2.32. The van der Waals surface area contributed by atoms with E-state index in [2.05, 4.69) is 20.4 Å². The third-order valence-corrected chi connectivity index (χ3v) is 4.16. The number of nitrogens with zero attached hydrogens (tertiary/aromatic N) is 4. The predicted octanol–water partition coefficient (Wildman–Crippen LogP) is 2.40. The van der Waals surface area contributed by atoms with Crippen LogP contribution in [0, 0.1) is 0 Å². The molecule has 2 N–H and O–H groups in total. The number of nitrogens with one attached hydrogen (secondary N) is 1. The van der Waals surface area contributed by atoms with Gasteiger partial charge in [0.1, 0.15) is 17.4 Å². The van der Waals surface area contributed by atoms with Crippen molar-refractivity contribution < 1.29 is 5.11 Å². The van der Waals surface area contributed by atoms with E-state index in [1.165, 1.54) is 11.8 Å². The largest absolute Gasteiger partial charge is 0.507 e. The predicted molar refractivity (Wildman–Crippen MR) is 83.5 cm³/mol. The molecule has 0 spiro atoms. The Morgan fingerprint density at radius 3 is 2.86 bits per heavy atom. The van der Waals surface area contributed by atoms with Crippen molar-refractivity contribution >= 4 is 28.6 Å². The van der Waals surface area contributed by atoms with Gasteiger partial charge in [-0.1, -0.05) is 12.1 Å². The molecule has 0 amide bonds. The zero-order chi connectivity index (χ0) is 14.8. The second-order valence-electron chi connectivity index (χ2n) is 4.50. The van der Waals surface area contributed by atoms with E-state index in [4.69, 9.17) is 0 Å². The summed E-state index contributed by atoms with van der Waals surface area (Å²) in [6.45, 7) is 0. The summed E-state index contributed by atoms with van der Waals surface area (Å²) in [7, 11) is 3.68. The number of anilines is 1. The summed E-state index contributed by atoms with van der Waals surface area (Å²) >= 11 is 1.50. The van der Waals surface area contributed by atoms with Crippen molar-refractivity contribution in [3.05, 3.63) is 36.3 Å². The Hall–Kier alpha value is -2.28. The fourth-order valence-electron chi connectivity index (χ4n) is 2.04. The van der Waals surface area contributed by atoms with Crippen LogP contribution in [0.2, 0.25) is 0 Å². The molecule has 3 rings (SSSR count). The Balaban J connectivity index is 1.90. The normalized spacial score (nSPS) is 11.0. The first-order valence-electron chi connectivity index (χ1n) is 6.46. The highest BCUT2D eigenvalue weighted by Crippen LogP contribution is 2.30. The van der Waals surface area contributed by atoms with Crippen LogP contribution in [0.5, 0.6) is 5.75 Å². The molecule has 0 aliphatic carbocycles. The summed E-state index contributed by atoms with van der Waals surface area (Å²) in [5.41, 5.74) is 0.794. The third-order valence-electron chi connectivity index (χ3n) is 3.10. The molecule has 0 bridgehead atoms. The number of rotatable bonds is 4. The standard InChI is InChI=1S/C14H15N5OS/c1-15-13-9-7-16-19(2)14(9)18-12(17-13)8-21-11-6-4-3-5-10(11)20/h3-7,20H,8H2,1-2H3,(H,15,17,18). The second-order valence-corrected chi connectivity index (χ2v) is 5.52. The molecule has 2 aromatic heterocycles. The van der Waals surface area contributed by atoms with Crippen LogP contribution in [0.15, 0.2) is 35.4 Å². The van der Waals surface area contributed by atoms with Crippen LogP contribution < -0.4 is 5.32 Å². The molecule has 1 aromatic carbocycles. The SMILES string of the molecule is CNc1nc(CSc2ccccc2O)nc2c1cnn2C. The van der Waals surface area contributed by atoms with Crippen molar-refractivity contribution in [1.29, 1.82) is 0 Å². The third kappa shape index (κ3) is 2.64. The summed E-state index contributed by atoms with van der Waals surface area (Å²) in [6.07, 6.45) is 1.75. The molecule has 21 heavy (non-hydrogen) atoms. The van der Waals surface area contributed by atoms with E-state index in [9.17, 15) is 5.11 Å². The molecule has 2 heterocycles. The van der Waals surface area contributed by atoms with Crippen LogP contribution >= 0.6 is 11.8 Å². The van der Waals surface area contributed by atoms with E-state index >= 15 is 0 Å². The summed E-state index contributed by atoms with van der Waals surface area (Å²) in [5, 5.41) is 18.0. The molecule has 0 aliphatic heterocycles. The van der Waals surface area contributed by atoms with E-state index in [1.807, 2.05) is 26.2 Å². The fraction of sp³-hybridized carbons (Fsp3) is 0.214. The molecular formula is C14H15N5OS. The number of phenolic OH excluding ortho intramolecular Hbond substituents is 1. The average Bonchev–Trinajstić information content (AvgIpc) is 2.87. The molecule has 0 aliphatic rings. The number of hydrogen-bond acceptors (Lipinski definition) is 6. The minimum absolute atomic E-state index is 0.276. The first-order valence-corrected chi connectivity index (χ1v) is 7.45. The lowest BCUT2D eigenvalue weighted by Crippen LogP contribution is -2.02. The van der Waals surface area contributed by atoms with Gasteiger partial charge in [0, 0.05) is 19.0 Å². The van der Waals surface area contributed by atoms with Crippen molar-refractivity contribution in [1.82, 2.24) is 19.7 Å². The van der Waals surface area contributed by atoms with Gasteiger partial charge in [-0.15, -0.1) is 11.8 Å². The molecule has 3 aromatic rings. The number of fused-ring (bicyclic) bond motifs is 1. The molecule has 0 unspecified atom stereocenters. The monoisotopic (exact) mass is 301 g/mol. The Morgan fingerprint density at radius 2 is 2.10 bits per heavy atom. The summed E-state index contributed by atoms with van der Waals surface area (Å²) in [4.78, 5) is 9.85. The maximum atomic E-state index is 9.78. The zero-order valence-electron chi connectivity index (χ0n) is 11.7. The van der Waals surface area contributed by atoms with Gasteiger partial charge in [-0.3, -0.25) is 4.68 Å². The van der Waals surface area contributed by atoms with Crippen LogP contribution in [-0.2, 0) is 12.8 Å². The number of aromatic hydroxyl groups is 1. The number of para-hydroxylation sites is 1. The Morgan fingerprint density at radius 1 is 1.29 bits per heavy atom. The lowest BCUT2D eigenvalue weighted by Gasteiger charge is -2.06. The minimum atomic E-state index is 0.276. The first kappa shape index (κ1) is 13.7. The first-order chi connectivity index (χ1) is 10.2. The average molecular weight is 301 g/mol. The lowest BCUT2D eigenvalue weighted by atomic mass is 10.3. The lowest BCUT2D eigenvalue weighted by molar-refractivity contribution is 0.462. The van der Waals surface area contributed by atoms with E-state index in [0.717, 1.165) is 21.7 Å². The van der Waals surface area contributed by atoms with Crippen LogP contribution in [0.1, 0.15) is 5.82 Å². The van der Waals surface area contributed by atoms with Crippen LogP contribution in [0.3, 0.4) is 0 Å². The van der Waals surface area contributed by atoms with Gasteiger partial charge in [-0.25, -0.2) is 9.97 Å². The van der Waals surface area contributed by atoms with Crippen molar-refractivity contribution in [2.75, 3.05) is 12.4 Å². The number of hydrogen-bond donors (Lipinski definition) is 2. The number of aryl methyl sites for hydroxylation is 1. The quantitative estimate of drug-likeness (QED) is 0.721. The topological polar surface area (TPSA) is 75.9 Å². The summed E-state index contributed by atoms with van der Waals surface area (Å²) in [6, 6.07) is 7.25. The highest BCUT2D eigenvalue weighted by atomic mass is 32.2. The van der Waals surface area contributed by atoms with Gasteiger partial charge in [0.15, 0.2) is 5.65 Å². The molecular weight excluding hydrogens is 286 g/mol. The number of benzene rings is 1. The fourth-order valence-corrected chi connectivity index (χ4v) is 2.85. The van der Waals surface area contributed by atoms with Gasteiger partial charge in [0.25, 0.3) is 0 Å². The molecule has 7 heteroatoms. The van der Waals surface area contributed by atoms with Crippen LogP contribution in [0.25, 0.3) is 11.0 Å².